The van der Waals surface area contributed by atoms with Crippen LogP contribution >= 0.6 is 0 Å². The molecule has 0 amide bonds. The number of morpholine rings is 1. The zero-order valence-electron chi connectivity index (χ0n) is 8.16. The van der Waals surface area contributed by atoms with Crippen LogP contribution in [0.4, 0.5) is 4.39 Å². The van der Waals surface area contributed by atoms with Crippen molar-refractivity contribution in [3.8, 4) is 6.07 Å². The lowest BCUT2D eigenvalue weighted by molar-refractivity contribution is 0.0255. The highest BCUT2D eigenvalue weighted by atomic mass is 19.1. The number of rotatable bonds is 1. The van der Waals surface area contributed by atoms with Gasteiger partial charge in [0.15, 0.2) is 0 Å². The Bertz CT molecular complexity index is 394. The van der Waals surface area contributed by atoms with Crippen LogP contribution in [0.2, 0.25) is 0 Å². The van der Waals surface area contributed by atoms with E-state index in [4.69, 9.17) is 10.00 Å². The molecule has 3 nitrogen and oxygen atoms in total. The summed E-state index contributed by atoms with van der Waals surface area (Å²) >= 11 is 0. The van der Waals surface area contributed by atoms with Gasteiger partial charge in [0.25, 0.3) is 0 Å². The van der Waals surface area contributed by atoms with Crippen molar-refractivity contribution in [1.82, 2.24) is 5.32 Å². The zero-order valence-corrected chi connectivity index (χ0v) is 8.16. The summed E-state index contributed by atoms with van der Waals surface area (Å²) in [5.74, 6) is -0.464. The fourth-order valence-electron chi connectivity index (χ4n) is 1.65. The molecule has 1 unspecified atom stereocenters. The van der Waals surface area contributed by atoms with Crippen molar-refractivity contribution < 1.29 is 9.13 Å². The van der Waals surface area contributed by atoms with Gasteiger partial charge in [0, 0.05) is 18.7 Å². The number of ether oxygens (including phenoxy) is 1. The van der Waals surface area contributed by atoms with E-state index in [0.29, 0.717) is 18.7 Å². The van der Waals surface area contributed by atoms with Crippen molar-refractivity contribution in [2.45, 2.75) is 6.10 Å². The van der Waals surface area contributed by atoms with Crippen LogP contribution in [0.25, 0.3) is 0 Å². The topological polar surface area (TPSA) is 45.0 Å². The molecule has 1 atom stereocenters. The quantitative estimate of drug-likeness (QED) is 0.754. The second-order valence-corrected chi connectivity index (χ2v) is 3.38. The molecule has 1 aromatic carbocycles. The van der Waals surface area contributed by atoms with E-state index in [0.717, 1.165) is 6.54 Å². The summed E-state index contributed by atoms with van der Waals surface area (Å²) in [4.78, 5) is 0. The van der Waals surface area contributed by atoms with Crippen LogP contribution in [0.5, 0.6) is 0 Å². The summed E-state index contributed by atoms with van der Waals surface area (Å²) in [5, 5.41) is 11.8. The van der Waals surface area contributed by atoms with Crippen LogP contribution < -0.4 is 5.32 Å². The largest absolute Gasteiger partial charge is 0.371 e. The fourth-order valence-corrected chi connectivity index (χ4v) is 1.65. The minimum Gasteiger partial charge on any atom is -0.371 e. The standard InChI is InChI=1S/C11H11FN2O/c12-11-8(6-13)2-1-3-9(11)10-7-14-4-5-15-10/h1-3,10,14H,4-5,7H2. The molecule has 78 valence electrons. The zero-order chi connectivity index (χ0) is 10.7. The number of nitrogens with one attached hydrogen (secondary N) is 1. The molecule has 1 aromatic rings. The molecular weight excluding hydrogens is 195 g/mol. The summed E-state index contributed by atoms with van der Waals surface area (Å²) < 4.78 is 19.2. The molecule has 1 N–H and O–H groups in total. The van der Waals surface area contributed by atoms with Gasteiger partial charge < -0.3 is 10.1 Å². The molecule has 4 heteroatoms. The summed E-state index contributed by atoms with van der Waals surface area (Å²) in [7, 11) is 0. The number of halogens is 1. The molecular formula is C11H11FN2O. The Kier molecular flexibility index (Phi) is 2.95. The predicted octanol–water partition coefficient (Wildman–Crippen LogP) is 1.36. The van der Waals surface area contributed by atoms with Crippen molar-refractivity contribution >= 4 is 0 Å². The summed E-state index contributed by atoms with van der Waals surface area (Å²) in [6, 6.07) is 6.63. The van der Waals surface area contributed by atoms with Gasteiger partial charge in [0.05, 0.1) is 18.3 Å². The molecule has 0 bridgehead atoms. The lowest BCUT2D eigenvalue weighted by Crippen LogP contribution is -2.33. The van der Waals surface area contributed by atoms with E-state index in [2.05, 4.69) is 5.32 Å². The van der Waals surface area contributed by atoms with E-state index in [1.807, 2.05) is 6.07 Å². The van der Waals surface area contributed by atoms with E-state index < -0.39 is 5.82 Å². The average molecular weight is 206 g/mol. The highest BCUT2D eigenvalue weighted by molar-refractivity contribution is 5.36. The molecule has 1 aliphatic rings. The Balaban J connectivity index is 2.31. The van der Waals surface area contributed by atoms with Gasteiger partial charge >= 0.3 is 0 Å². The number of nitriles is 1. The van der Waals surface area contributed by atoms with E-state index in [9.17, 15) is 4.39 Å². The Hall–Kier alpha value is -1.44. The van der Waals surface area contributed by atoms with Gasteiger partial charge in [-0.1, -0.05) is 12.1 Å². The normalized spacial score (nSPS) is 20.9. The van der Waals surface area contributed by atoms with E-state index >= 15 is 0 Å². The second kappa shape index (κ2) is 4.39. The van der Waals surface area contributed by atoms with Crippen LogP contribution in [0, 0.1) is 17.1 Å². The van der Waals surface area contributed by atoms with Gasteiger partial charge in [-0.25, -0.2) is 4.39 Å². The number of hydrogen-bond donors (Lipinski definition) is 1. The molecule has 1 aliphatic heterocycles. The van der Waals surface area contributed by atoms with Gasteiger partial charge in [-0.2, -0.15) is 5.26 Å². The molecule has 0 radical (unpaired) electrons. The Morgan fingerprint density at radius 2 is 2.40 bits per heavy atom. The van der Waals surface area contributed by atoms with Crippen LogP contribution in [-0.4, -0.2) is 19.7 Å². The lowest BCUT2D eigenvalue weighted by atomic mass is 10.0. The third-order valence-corrected chi connectivity index (χ3v) is 2.42. The molecule has 0 spiro atoms. The van der Waals surface area contributed by atoms with E-state index in [-0.39, 0.29) is 11.7 Å². The van der Waals surface area contributed by atoms with Crippen LogP contribution in [0.15, 0.2) is 18.2 Å². The lowest BCUT2D eigenvalue weighted by Gasteiger charge is -2.24. The van der Waals surface area contributed by atoms with Crippen LogP contribution in [0.1, 0.15) is 17.2 Å². The van der Waals surface area contributed by atoms with E-state index in [1.165, 1.54) is 6.07 Å². The molecule has 0 aliphatic carbocycles. The molecule has 0 saturated carbocycles. The molecule has 0 aromatic heterocycles. The monoisotopic (exact) mass is 206 g/mol. The SMILES string of the molecule is N#Cc1cccc(C2CNCCO2)c1F. The van der Waals surface area contributed by atoms with Gasteiger partial charge in [-0.3, -0.25) is 0 Å². The molecule has 1 fully saturated rings. The van der Waals surface area contributed by atoms with Crippen molar-refractivity contribution in [3.63, 3.8) is 0 Å². The number of hydrogen-bond acceptors (Lipinski definition) is 3. The van der Waals surface area contributed by atoms with Crippen molar-refractivity contribution in [2.24, 2.45) is 0 Å². The Morgan fingerprint density at radius 1 is 1.53 bits per heavy atom. The van der Waals surface area contributed by atoms with Gasteiger partial charge in [0.1, 0.15) is 11.9 Å². The number of benzene rings is 1. The first-order valence-electron chi connectivity index (χ1n) is 4.84. The minimum absolute atomic E-state index is 0.0710. The summed E-state index contributed by atoms with van der Waals surface area (Å²) in [5.41, 5.74) is 0.530. The molecule has 1 heterocycles. The van der Waals surface area contributed by atoms with E-state index in [1.54, 1.807) is 12.1 Å². The van der Waals surface area contributed by atoms with Crippen molar-refractivity contribution in [2.75, 3.05) is 19.7 Å². The van der Waals surface area contributed by atoms with Crippen molar-refractivity contribution in [3.05, 3.63) is 35.1 Å². The summed E-state index contributed by atoms with van der Waals surface area (Å²) in [6.07, 6.45) is -0.285. The second-order valence-electron chi connectivity index (χ2n) is 3.38. The van der Waals surface area contributed by atoms with Crippen LogP contribution in [0.3, 0.4) is 0 Å². The summed E-state index contributed by atoms with van der Waals surface area (Å²) in [6.45, 7) is 1.95. The van der Waals surface area contributed by atoms with Crippen molar-refractivity contribution in [1.29, 1.82) is 5.26 Å². The first-order valence-corrected chi connectivity index (χ1v) is 4.84. The predicted molar refractivity (Wildman–Crippen MR) is 52.7 cm³/mol. The number of nitrogens with zero attached hydrogens (tertiary/aromatic N) is 1. The Labute approximate surface area is 87.5 Å². The third-order valence-electron chi connectivity index (χ3n) is 2.42. The van der Waals surface area contributed by atoms with Gasteiger partial charge in [0.2, 0.25) is 0 Å². The molecule has 2 rings (SSSR count). The average Bonchev–Trinajstić information content (AvgIpc) is 2.30. The third kappa shape index (κ3) is 1.99. The maximum Gasteiger partial charge on any atom is 0.146 e. The first kappa shape index (κ1) is 10.1. The minimum atomic E-state index is -0.464. The van der Waals surface area contributed by atoms with Gasteiger partial charge in [-0.15, -0.1) is 0 Å². The molecule has 1 saturated heterocycles. The first-order chi connectivity index (χ1) is 7.33. The fraction of sp³-hybridized carbons (Fsp3) is 0.364. The Morgan fingerprint density at radius 3 is 3.07 bits per heavy atom. The maximum absolute atomic E-state index is 13.7. The molecule has 15 heavy (non-hydrogen) atoms. The smallest absolute Gasteiger partial charge is 0.146 e. The van der Waals surface area contributed by atoms with Crippen LogP contribution in [-0.2, 0) is 4.74 Å². The maximum atomic E-state index is 13.7. The highest BCUT2D eigenvalue weighted by Gasteiger charge is 2.20. The highest BCUT2D eigenvalue weighted by Crippen LogP contribution is 2.23. The van der Waals surface area contributed by atoms with Gasteiger partial charge in [-0.05, 0) is 6.07 Å².